The average Bonchev–Trinajstić information content (AvgIpc) is 2.87. The molecule has 0 radical (unpaired) electrons. The standard InChI is InChI=1S/C27H30BrN3O3.BrH/c28-24-22(32)10-9-20-23(27(33)34)21(25(29-26(20)24)18-7-3-1-4-8-18)17-30-15-11-19(12-16-30)31-13-5-2-6-14-31;/h1,3-4,7-10,19,32H,2,5-6,11-17H2,(H,33,34);1H. The van der Waals surface area contributed by atoms with Gasteiger partial charge in [-0.25, -0.2) is 9.78 Å². The molecule has 2 N–H and O–H groups in total. The number of nitrogens with zero attached hydrogens (tertiary/aromatic N) is 3. The minimum Gasteiger partial charge on any atom is -0.507 e. The molecule has 0 spiro atoms. The van der Waals surface area contributed by atoms with Gasteiger partial charge in [0.05, 0.1) is 21.2 Å². The Morgan fingerprint density at radius 3 is 2.34 bits per heavy atom. The number of carboxylic acids is 1. The molecule has 0 bridgehead atoms. The molecule has 186 valence electrons. The van der Waals surface area contributed by atoms with Crippen LogP contribution in [0.15, 0.2) is 46.9 Å². The summed E-state index contributed by atoms with van der Waals surface area (Å²) in [5, 5.41) is 21.1. The first kappa shape index (κ1) is 26.1. The van der Waals surface area contributed by atoms with Gasteiger partial charge in [0.25, 0.3) is 0 Å². The van der Waals surface area contributed by atoms with Gasteiger partial charge >= 0.3 is 5.97 Å². The number of pyridine rings is 1. The molecular weight excluding hydrogens is 574 g/mol. The summed E-state index contributed by atoms with van der Waals surface area (Å²) in [6.45, 7) is 4.86. The molecule has 2 fully saturated rings. The highest BCUT2D eigenvalue weighted by Gasteiger charge is 2.29. The van der Waals surface area contributed by atoms with Crippen molar-refractivity contribution in [2.45, 2.75) is 44.7 Å². The lowest BCUT2D eigenvalue weighted by atomic mass is 9.94. The molecule has 1 aromatic heterocycles. The summed E-state index contributed by atoms with van der Waals surface area (Å²) in [5.41, 5.74) is 3.00. The minimum atomic E-state index is -0.972. The van der Waals surface area contributed by atoms with Gasteiger partial charge in [0, 0.05) is 29.1 Å². The van der Waals surface area contributed by atoms with E-state index in [0.29, 0.717) is 33.7 Å². The van der Waals surface area contributed by atoms with Gasteiger partial charge in [0.1, 0.15) is 5.75 Å². The van der Waals surface area contributed by atoms with E-state index in [1.807, 2.05) is 30.3 Å². The Labute approximate surface area is 224 Å². The molecule has 0 unspecified atom stereocenters. The predicted octanol–water partition coefficient (Wildman–Crippen LogP) is 6.10. The summed E-state index contributed by atoms with van der Waals surface area (Å²) in [4.78, 5) is 22.5. The minimum absolute atomic E-state index is 0. The van der Waals surface area contributed by atoms with Crippen molar-refractivity contribution in [1.82, 2.24) is 14.8 Å². The third kappa shape index (κ3) is 5.40. The summed E-state index contributed by atoms with van der Waals surface area (Å²) in [7, 11) is 0. The van der Waals surface area contributed by atoms with Gasteiger partial charge in [-0.3, -0.25) is 4.90 Å². The number of halogens is 2. The molecule has 2 aliphatic heterocycles. The lowest BCUT2D eigenvalue weighted by Gasteiger charge is -2.40. The Hall–Kier alpha value is -2.00. The number of aromatic hydroxyl groups is 1. The van der Waals surface area contributed by atoms with Crippen LogP contribution in [0.3, 0.4) is 0 Å². The fraction of sp³-hybridized carbons (Fsp3) is 0.407. The van der Waals surface area contributed by atoms with E-state index in [1.54, 1.807) is 6.07 Å². The zero-order chi connectivity index (χ0) is 23.7. The van der Waals surface area contributed by atoms with Crippen molar-refractivity contribution in [1.29, 1.82) is 0 Å². The summed E-state index contributed by atoms with van der Waals surface area (Å²) in [5.74, 6) is -0.928. The Morgan fingerprint density at radius 1 is 1.00 bits per heavy atom. The third-order valence-corrected chi connectivity index (χ3v) is 8.07. The summed E-state index contributed by atoms with van der Waals surface area (Å²) in [6.07, 6.45) is 6.18. The molecule has 3 aromatic rings. The van der Waals surface area contributed by atoms with Gasteiger partial charge < -0.3 is 15.1 Å². The van der Waals surface area contributed by atoms with Crippen molar-refractivity contribution >= 4 is 49.8 Å². The van der Waals surface area contributed by atoms with Gasteiger partial charge in [0.2, 0.25) is 0 Å². The molecule has 5 rings (SSSR count). The molecule has 2 saturated heterocycles. The topological polar surface area (TPSA) is 76.9 Å². The third-order valence-electron chi connectivity index (χ3n) is 7.28. The second-order valence-electron chi connectivity index (χ2n) is 9.38. The van der Waals surface area contributed by atoms with Crippen LogP contribution in [0.1, 0.15) is 48.0 Å². The number of hydrogen-bond donors (Lipinski definition) is 2. The van der Waals surface area contributed by atoms with Crippen LogP contribution in [0.5, 0.6) is 5.75 Å². The largest absolute Gasteiger partial charge is 0.507 e. The van der Waals surface area contributed by atoms with E-state index in [2.05, 4.69) is 25.7 Å². The van der Waals surface area contributed by atoms with Crippen LogP contribution in [-0.4, -0.2) is 63.2 Å². The van der Waals surface area contributed by atoms with Crippen LogP contribution in [0, 0.1) is 0 Å². The van der Waals surface area contributed by atoms with Crippen LogP contribution in [-0.2, 0) is 6.54 Å². The zero-order valence-corrected chi connectivity index (χ0v) is 22.9. The highest BCUT2D eigenvalue weighted by atomic mass is 79.9. The number of rotatable bonds is 5. The van der Waals surface area contributed by atoms with Crippen molar-refractivity contribution in [3.63, 3.8) is 0 Å². The molecule has 2 aromatic carbocycles. The SMILES string of the molecule is Br.O=C(O)c1c(CN2CCC(N3CCCCC3)CC2)c(-c2ccccc2)nc2c(Br)c(O)ccc12. The van der Waals surface area contributed by atoms with E-state index in [4.69, 9.17) is 4.98 Å². The number of piperidine rings is 2. The van der Waals surface area contributed by atoms with E-state index in [1.165, 1.54) is 38.4 Å². The zero-order valence-electron chi connectivity index (χ0n) is 19.6. The normalized spacial score (nSPS) is 17.9. The number of aromatic carboxylic acids is 1. The van der Waals surface area contributed by atoms with E-state index >= 15 is 0 Å². The first-order valence-electron chi connectivity index (χ1n) is 12.1. The number of aromatic nitrogens is 1. The van der Waals surface area contributed by atoms with Crippen molar-refractivity contribution < 1.29 is 15.0 Å². The van der Waals surface area contributed by atoms with Crippen LogP contribution in [0.2, 0.25) is 0 Å². The first-order chi connectivity index (χ1) is 16.5. The highest BCUT2D eigenvalue weighted by Crippen LogP contribution is 2.38. The van der Waals surface area contributed by atoms with Gasteiger partial charge in [-0.1, -0.05) is 36.8 Å². The van der Waals surface area contributed by atoms with Crippen LogP contribution >= 0.6 is 32.9 Å². The number of phenols is 1. The summed E-state index contributed by atoms with van der Waals surface area (Å²) >= 11 is 3.42. The molecule has 3 heterocycles. The number of likely N-dealkylation sites (tertiary alicyclic amines) is 2. The Kier molecular flexibility index (Phi) is 8.47. The Balaban J connectivity index is 0.00000289. The number of carboxylic acid groups (broad SMARTS) is 1. The molecule has 0 saturated carbocycles. The molecule has 8 heteroatoms. The van der Waals surface area contributed by atoms with Crippen molar-refractivity contribution in [3.8, 4) is 17.0 Å². The maximum absolute atomic E-state index is 12.6. The molecule has 0 aliphatic carbocycles. The lowest BCUT2D eigenvalue weighted by molar-refractivity contribution is 0.0692. The lowest BCUT2D eigenvalue weighted by Crippen LogP contribution is -2.46. The van der Waals surface area contributed by atoms with E-state index < -0.39 is 5.97 Å². The fourth-order valence-electron chi connectivity index (χ4n) is 5.51. The number of carbonyl (C=O) groups is 1. The van der Waals surface area contributed by atoms with Crippen LogP contribution in [0.25, 0.3) is 22.2 Å². The fourth-order valence-corrected chi connectivity index (χ4v) is 5.94. The second-order valence-corrected chi connectivity index (χ2v) is 10.2. The van der Waals surface area contributed by atoms with Crippen molar-refractivity contribution in [2.24, 2.45) is 0 Å². The van der Waals surface area contributed by atoms with Gasteiger partial charge in [0.15, 0.2) is 0 Å². The molecular formula is C27H31Br2N3O3. The maximum Gasteiger partial charge on any atom is 0.336 e. The summed E-state index contributed by atoms with van der Waals surface area (Å²) in [6, 6.07) is 13.6. The maximum atomic E-state index is 12.6. The van der Waals surface area contributed by atoms with Gasteiger partial charge in [-0.2, -0.15) is 0 Å². The Morgan fingerprint density at radius 2 is 1.69 bits per heavy atom. The van der Waals surface area contributed by atoms with Crippen LogP contribution in [0.4, 0.5) is 0 Å². The molecule has 6 nitrogen and oxygen atoms in total. The second kappa shape index (κ2) is 11.4. The summed E-state index contributed by atoms with van der Waals surface area (Å²) < 4.78 is 0.415. The van der Waals surface area contributed by atoms with E-state index in [9.17, 15) is 15.0 Å². The molecule has 0 amide bonds. The molecule has 35 heavy (non-hydrogen) atoms. The quantitative estimate of drug-likeness (QED) is 0.367. The average molecular weight is 605 g/mol. The monoisotopic (exact) mass is 603 g/mol. The number of phenolic OH excluding ortho intramolecular Hbond substituents is 1. The number of benzene rings is 2. The van der Waals surface area contributed by atoms with E-state index in [-0.39, 0.29) is 28.3 Å². The number of fused-ring (bicyclic) bond motifs is 1. The Bertz CT molecular complexity index is 1190. The molecule has 2 aliphatic rings. The molecule has 0 atom stereocenters. The van der Waals surface area contributed by atoms with Gasteiger partial charge in [-0.15, -0.1) is 17.0 Å². The van der Waals surface area contributed by atoms with Crippen LogP contribution < -0.4 is 0 Å². The predicted molar refractivity (Wildman–Crippen MR) is 148 cm³/mol. The van der Waals surface area contributed by atoms with Crippen molar-refractivity contribution in [2.75, 3.05) is 26.2 Å². The smallest absolute Gasteiger partial charge is 0.336 e. The van der Waals surface area contributed by atoms with Crippen molar-refractivity contribution in [3.05, 3.63) is 58.1 Å². The van der Waals surface area contributed by atoms with Gasteiger partial charge in [-0.05, 0) is 79.9 Å². The first-order valence-corrected chi connectivity index (χ1v) is 12.9. The number of hydrogen-bond acceptors (Lipinski definition) is 5. The van der Waals surface area contributed by atoms with E-state index in [0.717, 1.165) is 37.1 Å². The highest BCUT2D eigenvalue weighted by molar-refractivity contribution is 9.10.